The summed E-state index contributed by atoms with van der Waals surface area (Å²) < 4.78 is 30.5. The van der Waals surface area contributed by atoms with Crippen LogP contribution in [0.3, 0.4) is 0 Å². The zero-order valence-electron chi connectivity index (χ0n) is 9.43. The van der Waals surface area contributed by atoms with Gasteiger partial charge in [-0.15, -0.1) is 0 Å². The molecule has 1 aromatic rings. The van der Waals surface area contributed by atoms with Crippen molar-refractivity contribution in [3.8, 4) is 0 Å². The molecule has 0 saturated carbocycles. The molecule has 0 aliphatic rings. The highest BCUT2D eigenvalue weighted by Gasteiger charge is 2.02. The number of pyridine rings is 1. The average Bonchev–Trinajstić information content (AvgIpc) is 2.11. The van der Waals surface area contributed by atoms with Gasteiger partial charge in [-0.2, -0.15) is 0 Å². The van der Waals surface area contributed by atoms with Gasteiger partial charge in [0, 0.05) is 6.04 Å². The summed E-state index contributed by atoms with van der Waals surface area (Å²) in [7, 11) is 1.37. The summed E-state index contributed by atoms with van der Waals surface area (Å²) in [6.07, 6.45) is -0.603. The van der Waals surface area contributed by atoms with Gasteiger partial charge in [0.2, 0.25) is 0 Å². The molecule has 3 heteroatoms. The summed E-state index contributed by atoms with van der Waals surface area (Å²) in [5.74, 6) is -0.927. The summed E-state index contributed by atoms with van der Waals surface area (Å²) in [6.45, 7) is 0. The Morgan fingerprint density at radius 2 is 2.60 bits per heavy atom. The van der Waals surface area contributed by atoms with Crippen LogP contribution in [0.5, 0.6) is 0 Å². The van der Waals surface area contributed by atoms with Gasteiger partial charge in [-0.25, -0.2) is 4.57 Å². The van der Waals surface area contributed by atoms with E-state index in [1.165, 1.54) is 7.05 Å². The quantitative estimate of drug-likeness (QED) is 0.532. The third kappa shape index (κ3) is 1.31. The van der Waals surface area contributed by atoms with E-state index in [-0.39, 0.29) is 17.9 Å². The van der Waals surface area contributed by atoms with Crippen molar-refractivity contribution in [3.63, 3.8) is 0 Å². The Bertz CT molecular complexity index is 390. The van der Waals surface area contributed by atoms with Crippen LogP contribution in [0.25, 0.3) is 0 Å². The number of primary amides is 1. The minimum absolute atomic E-state index is 0.287. The molecule has 1 amide bonds. The van der Waals surface area contributed by atoms with E-state index >= 15 is 0 Å². The predicted octanol–water partition coefficient (Wildman–Crippen LogP) is -0.390. The number of carbonyl (C=O) groups is 1. The van der Waals surface area contributed by atoms with Gasteiger partial charge < -0.3 is 5.73 Å². The first-order valence-electron chi connectivity index (χ1n) is 4.64. The number of nitrogens with two attached hydrogens (primary N) is 1. The van der Waals surface area contributed by atoms with Crippen LogP contribution in [0.15, 0.2) is 24.4 Å². The van der Waals surface area contributed by atoms with E-state index in [1.807, 2.05) is 0 Å². The topological polar surface area (TPSA) is 47.0 Å². The summed E-state index contributed by atoms with van der Waals surface area (Å²) in [5.41, 5.74) is 4.64. The summed E-state index contributed by atoms with van der Waals surface area (Å²) >= 11 is 0. The van der Waals surface area contributed by atoms with E-state index in [1.54, 1.807) is 0 Å². The first kappa shape index (κ1) is 3.14. The molecular weight excluding hydrogens is 128 g/mol. The number of aromatic nitrogens is 1. The minimum atomic E-state index is -0.927. The van der Waals surface area contributed by atoms with E-state index in [0.29, 0.717) is 0 Å². The van der Waals surface area contributed by atoms with Crippen LogP contribution in [0.1, 0.15) is 15.8 Å². The third-order valence-corrected chi connectivity index (χ3v) is 0.937. The first-order valence-corrected chi connectivity index (χ1v) is 2.64. The molecule has 0 saturated heterocycles. The van der Waals surface area contributed by atoms with Crippen molar-refractivity contribution in [2.45, 2.75) is 0 Å². The van der Waals surface area contributed by atoms with Crippen molar-refractivity contribution in [1.29, 1.82) is 0 Å². The van der Waals surface area contributed by atoms with E-state index in [2.05, 4.69) is 0 Å². The van der Waals surface area contributed by atoms with Gasteiger partial charge in [-0.1, -0.05) is 0 Å². The zero-order chi connectivity index (χ0) is 11.0. The van der Waals surface area contributed by atoms with Crippen LogP contribution in [-0.2, 0) is 7.05 Å². The van der Waals surface area contributed by atoms with E-state index in [0.717, 1.165) is 4.57 Å². The largest absolute Gasteiger partial charge is 0.365 e. The Morgan fingerprint density at radius 1 is 1.90 bits per heavy atom. The van der Waals surface area contributed by atoms with Crippen molar-refractivity contribution in [1.82, 2.24) is 0 Å². The monoisotopic (exact) mass is 141 g/mol. The molecule has 0 unspecified atom stereocenters. The van der Waals surface area contributed by atoms with Gasteiger partial charge in [0.25, 0.3) is 5.91 Å². The van der Waals surface area contributed by atoms with E-state index in [9.17, 15) is 4.79 Å². The van der Waals surface area contributed by atoms with Crippen molar-refractivity contribution in [2.75, 3.05) is 0 Å². The van der Waals surface area contributed by atoms with E-state index in [4.69, 9.17) is 11.2 Å². The predicted molar refractivity (Wildman–Crippen MR) is 36.1 cm³/mol. The van der Waals surface area contributed by atoms with Crippen LogP contribution in [-0.4, -0.2) is 5.91 Å². The molecule has 0 fully saturated rings. The van der Waals surface area contributed by atoms with Crippen LogP contribution >= 0.6 is 0 Å². The lowest BCUT2D eigenvalue weighted by Gasteiger charge is -1.89. The normalized spacial score (nSPS) is 14.9. The molecule has 0 spiro atoms. The number of rotatable bonds is 1. The minimum Gasteiger partial charge on any atom is -0.365 e. The number of nitrogens with zero attached hydrogens (tertiary/aromatic N) is 1. The molecule has 0 aliphatic heterocycles. The molecule has 0 atom stereocenters. The molecule has 0 aromatic carbocycles. The van der Waals surface area contributed by atoms with Crippen molar-refractivity contribution in [3.05, 3.63) is 30.0 Å². The molecule has 0 aliphatic carbocycles. The summed E-state index contributed by atoms with van der Waals surface area (Å²) in [4.78, 5) is 10.9. The summed E-state index contributed by atoms with van der Waals surface area (Å²) in [6, 6.07) is -0.872. The molecule has 52 valence electrons. The van der Waals surface area contributed by atoms with E-state index < -0.39 is 18.0 Å². The van der Waals surface area contributed by atoms with Gasteiger partial charge in [0.15, 0.2) is 12.3 Å². The molecular formula is C7H9N2O+. The Morgan fingerprint density at radius 3 is 3.20 bits per heavy atom. The lowest BCUT2D eigenvalue weighted by molar-refractivity contribution is -0.671. The highest BCUT2D eigenvalue weighted by atomic mass is 16.1. The molecule has 10 heavy (non-hydrogen) atoms. The molecule has 1 heterocycles. The second kappa shape index (κ2) is 2.47. The number of hydrogen-bond acceptors (Lipinski definition) is 1. The van der Waals surface area contributed by atoms with Crippen molar-refractivity contribution < 1.29 is 14.8 Å². The third-order valence-electron chi connectivity index (χ3n) is 0.937. The Kier molecular flexibility index (Phi) is 0.777. The average molecular weight is 141 g/mol. The molecule has 2 N–H and O–H groups in total. The highest BCUT2D eigenvalue weighted by Crippen LogP contribution is 1.89. The van der Waals surface area contributed by atoms with Crippen molar-refractivity contribution in [2.24, 2.45) is 12.8 Å². The van der Waals surface area contributed by atoms with Crippen LogP contribution in [0, 0.1) is 0 Å². The molecule has 1 rings (SSSR count). The SMILES string of the molecule is [2H]c1c([2H])c([2H])[n+](C)c([2H])c1C(N)=O. The molecule has 3 nitrogen and oxygen atoms in total. The number of carbonyl (C=O) groups excluding carboxylic acids is 1. The number of hydrogen-bond donors (Lipinski definition) is 1. The maximum absolute atomic E-state index is 10.9. The maximum Gasteiger partial charge on any atom is 0.254 e. The summed E-state index contributed by atoms with van der Waals surface area (Å²) in [5, 5.41) is 0. The Labute approximate surface area is 64.7 Å². The lowest BCUT2D eigenvalue weighted by atomic mass is 10.3. The second-order valence-electron chi connectivity index (χ2n) is 1.77. The fourth-order valence-electron chi connectivity index (χ4n) is 0.515. The second-order valence-corrected chi connectivity index (χ2v) is 1.77. The van der Waals surface area contributed by atoms with Gasteiger partial charge >= 0.3 is 0 Å². The van der Waals surface area contributed by atoms with Crippen LogP contribution in [0.2, 0.25) is 0 Å². The molecule has 0 radical (unpaired) electrons. The van der Waals surface area contributed by atoms with Crippen LogP contribution < -0.4 is 10.3 Å². The fraction of sp³-hybridized carbons (Fsp3) is 0.143. The zero-order valence-corrected chi connectivity index (χ0v) is 5.43. The lowest BCUT2D eigenvalue weighted by Crippen LogP contribution is -2.28. The number of amides is 1. The Balaban J connectivity index is 3.68. The molecule has 1 aromatic heterocycles. The Hall–Kier alpha value is -1.38. The van der Waals surface area contributed by atoms with Crippen LogP contribution in [0.4, 0.5) is 0 Å². The smallest absolute Gasteiger partial charge is 0.254 e. The van der Waals surface area contributed by atoms with Gasteiger partial charge in [0.05, 0.1) is 2.74 Å². The first-order chi connectivity index (χ1) is 6.37. The molecule has 0 bridgehead atoms. The van der Waals surface area contributed by atoms with Crippen molar-refractivity contribution >= 4 is 5.91 Å². The fourth-order valence-corrected chi connectivity index (χ4v) is 0.515. The standard InChI is InChI=1S/C7H8N2O/c1-9-4-2-3-6(5-9)7(8)10/h2-5H,1H3,(H-,8,10)/p+1/i2D,3D,4D,5D. The maximum atomic E-state index is 10.9. The van der Waals surface area contributed by atoms with Gasteiger partial charge in [0.1, 0.15) is 15.4 Å². The highest BCUT2D eigenvalue weighted by molar-refractivity contribution is 5.92. The van der Waals surface area contributed by atoms with Gasteiger partial charge in [-0.3, -0.25) is 4.79 Å². The van der Waals surface area contributed by atoms with Gasteiger partial charge in [-0.05, 0) is 6.04 Å².